The summed E-state index contributed by atoms with van der Waals surface area (Å²) in [6.07, 6.45) is 0. The number of nitro benzene ring substituents is 1. The predicted octanol–water partition coefficient (Wildman–Crippen LogP) is 1.59. The van der Waals surface area contributed by atoms with Crippen LogP contribution in [0.5, 0.6) is 5.75 Å². The normalized spacial score (nSPS) is 27.9. The number of nitro groups is 1. The van der Waals surface area contributed by atoms with E-state index in [1.54, 1.807) is 12.1 Å². The number of imide groups is 1. The molecular formula is C20H17N3O7. The zero-order valence-corrected chi connectivity index (χ0v) is 15.7. The lowest BCUT2D eigenvalue weighted by Crippen LogP contribution is -2.53. The van der Waals surface area contributed by atoms with Gasteiger partial charge >= 0.3 is 5.97 Å². The number of anilines is 1. The summed E-state index contributed by atoms with van der Waals surface area (Å²) in [5.41, 5.74) is -2.20. The molecule has 3 N–H and O–H groups in total. The van der Waals surface area contributed by atoms with Crippen molar-refractivity contribution in [2.75, 3.05) is 4.90 Å². The largest absolute Gasteiger partial charge is 0.508 e. The fourth-order valence-corrected chi connectivity index (χ4v) is 4.40. The summed E-state index contributed by atoms with van der Waals surface area (Å²) in [6, 6.07) is 10.4. The van der Waals surface area contributed by atoms with Gasteiger partial charge in [0.15, 0.2) is 0 Å². The molecule has 2 fully saturated rings. The summed E-state index contributed by atoms with van der Waals surface area (Å²) in [7, 11) is 0. The summed E-state index contributed by atoms with van der Waals surface area (Å²) >= 11 is 0. The minimum atomic E-state index is -1.82. The Morgan fingerprint density at radius 1 is 1.13 bits per heavy atom. The third kappa shape index (κ3) is 2.57. The number of nitrogens with zero attached hydrogens (tertiary/aromatic N) is 2. The monoisotopic (exact) mass is 411 g/mol. The van der Waals surface area contributed by atoms with Crippen LogP contribution in [0.2, 0.25) is 0 Å². The minimum Gasteiger partial charge on any atom is -0.508 e. The highest BCUT2D eigenvalue weighted by Crippen LogP contribution is 2.51. The van der Waals surface area contributed by atoms with E-state index in [1.807, 2.05) is 0 Å². The third-order valence-corrected chi connectivity index (χ3v) is 5.82. The Kier molecular flexibility index (Phi) is 4.31. The Morgan fingerprint density at radius 2 is 1.77 bits per heavy atom. The molecule has 0 bridgehead atoms. The Bertz CT molecular complexity index is 1100. The Morgan fingerprint density at radius 3 is 2.40 bits per heavy atom. The number of rotatable bonds is 4. The fourth-order valence-electron chi connectivity index (χ4n) is 4.40. The van der Waals surface area contributed by atoms with Gasteiger partial charge in [0.05, 0.1) is 16.8 Å². The molecule has 4 unspecified atom stereocenters. The van der Waals surface area contributed by atoms with Gasteiger partial charge in [0.25, 0.3) is 5.69 Å². The van der Waals surface area contributed by atoms with Crippen LogP contribution >= 0.6 is 0 Å². The molecule has 2 saturated heterocycles. The van der Waals surface area contributed by atoms with Gasteiger partial charge in [-0.3, -0.25) is 29.8 Å². The number of aromatic hydroxyl groups is 1. The van der Waals surface area contributed by atoms with Gasteiger partial charge in [-0.25, -0.2) is 4.90 Å². The summed E-state index contributed by atoms with van der Waals surface area (Å²) in [6.45, 7) is 1.29. The lowest BCUT2D eigenvalue weighted by molar-refractivity contribution is -0.384. The van der Waals surface area contributed by atoms with Gasteiger partial charge in [0.1, 0.15) is 17.0 Å². The number of carboxylic acids is 1. The number of amides is 2. The van der Waals surface area contributed by atoms with Gasteiger partial charge in [-0.2, -0.15) is 0 Å². The van der Waals surface area contributed by atoms with Crippen LogP contribution in [0.15, 0.2) is 48.5 Å². The van der Waals surface area contributed by atoms with Crippen molar-refractivity contribution in [1.29, 1.82) is 0 Å². The lowest BCUT2D eigenvalue weighted by atomic mass is 9.80. The molecular weight excluding hydrogens is 394 g/mol. The first-order valence-electron chi connectivity index (χ1n) is 9.08. The van der Waals surface area contributed by atoms with E-state index in [4.69, 9.17) is 0 Å². The van der Waals surface area contributed by atoms with Crippen LogP contribution < -0.4 is 10.2 Å². The van der Waals surface area contributed by atoms with Crippen LogP contribution in [0.25, 0.3) is 0 Å². The number of fused-ring (bicyclic) bond motifs is 1. The number of para-hydroxylation sites is 3. The molecule has 154 valence electrons. The predicted molar refractivity (Wildman–Crippen MR) is 103 cm³/mol. The number of benzene rings is 2. The van der Waals surface area contributed by atoms with Crippen LogP contribution in [0.1, 0.15) is 18.5 Å². The number of phenolic OH excluding ortho intramolecular Hbond substituents is 1. The molecule has 0 aliphatic carbocycles. The highest BCUT2D eigenvalue weighted by molar-refractivity contribution is 6.25. The number of phenols is 1. The molecule has 10 heteroatoms. The summed E-state index contributed by atoms with van der Waals surface area (Å²) in [4.78, 5) is 50.1. The van der Waals surface area contributed by atoms with Crippen molar-refractivity contribution in [3.63, 3.8) is 0 Å². The summed E-state index contributed by atoms with van der Waals surface area (Å²) in [5.74, 6) is -5.58. The first-order chi connectivity index (χ1) is 14.2. The summed E-state index contributed by atoms with van der Waals surface area (Å²) in [5, 5.41) is 34.4. The maximum atomic E-state index is 13.3. The van der Waals surface area contributed by atoms with Crippen molar-refractivity contribution in [3.8, 4) is 5.75 Å². The van der Waals surface area contributed by atoms with Crippen LogP contribution in [0.3, 0.4) is 0 Å². The third-order valence-electron chi connectivity index (χ3n) is 5.82. The topological polar surface area (TPSA) is 150 Å². The SMILES string of the molecule is CC1(C(=O)O)NC(c2ccccc2O)C2C(=O)N(c3ccccc3[N+](=O)[O-])C(=O)C21. The van der Waals surface area contributed by atoms with E-state index in [-0.39, 0.29) is 17.0 Å². The Hall–Kier alpha value is -3.79. The molecule has 2 aliphatic heterocycles. The molecule has 2 heterocycles. The quantitative estimate of drug-likeness (QED) is 0.390. The van der Waals surface area contributed by atoms with Crippen molar-refractivity contribution in [2.24, 2.45) is 11.8 Å². The molecule has 0 saturated carbocycles. The first-order valence-corrected chi connectivity index (χ1v) is 9.08. The molecule has 2 amide bonds. The number of hydrogen-bond donors (Lipinski definition) is 3. The van der Waals surface area contributed by atoms with Crippen LogP contribution in [0, 0.1) is 22.0 Å². The van der Waals surface area contributed by atoms with Crippen molar-refractivity contribution in [3.05, 3.63) is 64.2 Å². The Labute approximate surface area is 169 Å². The molecule has 2 aromatic rings. The molecule has 2 aliphatic rings. The zero-order chi connectivity index (χ0) is 21.8. The second-order valence-electron chi connectivity index (χ2n) is 7.45. The van der Waals surface area contributed by atoms with Crippen LogP contribution in [0.4, 0.5) is 11.4 Å². The smallest absolute Gasteiger partial charge is 0.324 e. The maximum Gasteiger partial charge on any atom is 0.324 e. The van der Waals surface area contributed by atoms with Gasteiger partial charge < -0.3 is 10.2 Å². The number of carboxylic acid groups (broad SMARTS) is 1. The molecule has 0 spiro atoms. The van der Waals surface area contributed by atoms with Crippen molar-refractivity contribution >= 4 is 29.2 Å². The van der Waals surface area contributed by atoms with Gasteiger partial charge in [0.2, 0.25) is 11.8 Å². The second kappa shape index (κ2) is 6.63. The number of nitrogens with one attached hydrogen (secondary N) is 1. The number of aliphatic carboxylic acids is 1. The van der Waals surface area contributed by atoms with E-state index in [9.17, 15) is 34.7 Å². The van der Waals surface area contributed by atoms with E-state index in [0.717, 1.165) is 0 Å². The molecule has 0 aromatic heterocycles. The molecule has 0 radical (unpaired) electrons. The van der Waals surface area contributed by atoms with E-state index in [0.29, 0.717) is 4.90 Å². The van der Waals surface area contributed by atoms with Crippen molar-refractivity contribution < 1.29 is 29.5 Å². The standard InChI is InChI=1S/C20H17N3O7/c1-20(19(27)28)15-14(16(21-20)10-6-2-5-9-13(10)24)17(25)22(18(15)26)11-7-3-4-8-12(11)23(29)30/h2-9,14-16,21,24H,1H3,(H,27,28). The van der Waals surface area contributed by atoms with E-state index >= 15 is 0 Å². The number of carbonyl (C=O) groups is 3. The number of hydrogen-bond acceptors (Lipinski definition) is 7. The molecule has 30 heavy (non-hydrogen) atoms. The van der Waals surface area contributed by atoms with E-state index in [1.165, 1.54) is 43.3 Å². The molecule has 4 rings (SSSR count). The Balaban J connectivity index is 1.88. The highest BCUT2D eigenvalue weighted by Gasteiger charge is 2.67. The number of carbonyl (C=O) groups excluding carboxylic acids is 2. The van der Waals surface area contributed by atoms with Crippen molar-refractivity contribution in [1.82, 2.24) is 5.32 Å². The molecule has 2 aromatic carbocycles. The average molecular weight is 411 g/mol. The van der Waals surface area contributed by atoms with Gasteiger partial charge in [0, 0.05) is 17.7 Å². The zero-order valence-electron chi connectivity index (χ0n) is 15.7. The summed E-state index contributed by atoms with van der Waals surface area (Å²) < 4.78 is 0. The highest BCUT2D eigenvalue weighted by atomic mass is 16.6. The van der Waals surface area contributed by atoms with Gasteiger partial charge in [-0.1, -0.05) is 30.3 Å². The lowest BCUT2D eigenvalue weighted by Gasteiger charge is -2.27. The fraction of sp³-hybridized carbons (Fsp3) is 0.250. The second-order valence-corrected chi connectivity index (χ2v) is 7.45. The average Bonchev–Trinajstić information content (AvgIpc) is 3.16. The van der Waals surface area contributed by atoms with Crippen LogP contribution in [-0.2, 0) is 14.4 Å². The van der Waals surface area contributed by atoms with Crippen LogP contribution in [-0.4, -0.2) is 38.5 Å². The van der Waals surface area contributed by atoms with Crippen molar-refractivity contribution in [2.45, 2.75) is 18.5 Å². The van der Waals surface area contributed by atoms with E-state index in [2.05, 4.69) is 5.32 Å². The van der Waals surface area contributed by atoms with Gasteiger partial charge in [-0.05, 0) is 19.1 Å². The first kappa shape index (κ1) is 19.5. The molecule has 10 nitrogen and oxygen atoms in total. The van der Waals surface area contributed by atoms with E-state index < -0.39 is 51.8 Å². The molecule has 4 atom stereocenters. The van der Waals surface area contributed by atoms with Gasteiger partial charge in [-0.15, -0.1) is 0 Å². The maximum absolute atomic E-state index is 13.3. The minimum absolute atomic E-state index is 0.159.